The van der Waals surface area contributed by atoms with Crippen LogP contribution in [-0.2, 0) is 31.4 Å². The molecule has 0 radical (unpaired) electrons. The van der Waals surface area contributed by atoms with Crippen LogP contribution >= 0.6 is 0 Å². The van der Waals surface area contributed by atoms with Crippen LogP contribution in [0.5, 0.6) is 0 Å². The van der Waals surface area contributed by atoms with Crippen molar-refractivity contribution in [3.63, 3.8) is 0 Å². The number of para-hydroxylation sites is 2. The first-order valence-electron chi connectivity index (χ1n) is 8.37. The van der Waals surface area contributed by atoms with E-state index in [9.17, 15) is 9.59 Å². The summed E-state index contributed by atoms with van der Waals surface area (Å²) in [5.41, 5.74) is 1.41. The van der Waals surface area contributed by atoms with Crippen LogP contribution in [0, 0.1) is 6.92 Å². The highest BCUT2D eigenvalue weighted by Gasteiger charge is 2.23. The van der Waals surface area contributed by atoms with E-state index in [-0.39, 0.29) is 24.2 Å². The van der Waals surface area contributed by atoms with Gasteiger partial charge >= 0.3 is 5.69 Å². The molecule has 0 saturated carbocycles. The molecule has 8 heteroatoms. The number of aromatic nitrogens is 5. The number of fused-ring (bicyclic) bond motifs is 2. The van der Waals surface area contributed by atoms with E-state index in [1.54, 1.807) is 11.6 Å². The summed E-state index contributed by atoms with van der Waals surface area (Å²) in [4.78, 5) is 24.9. The SMILES string of the molecule is Cc1nnc2n1CC(NC(=O)Cn1c(=O)n(C)c3ccccc31)CC2. The molecule has 0 bridgehead atoms. The third-order valence-corrected chi connectivity index (χ3v) is 4.85. The van der Waals surface area contributed by atoms with Crippen LogP contribution in [0.1, 0.15) is 18.1 Å². The van der Waals surface area contributed by atoms with Crippen LogP contribution in [-0.4, -0.2) is 35.8 Å². The van der Waals surface area contributed by atoms with Gasteiger partial charge in [-0.2, -0.15) is 0 Å². The van der Waals surface area contributed by atoms with Crippen molar-refractivity contribution in [3.05, 3.63) is 46.4 Å². The molecule has 8 nitrogen and oxygen atoms in total. The second kappa shape index (κ2) is 5.87. The molecule has 1 unspecified atom stereocenters. The van der Waals surface area contributed by atoms with Gasteiger partial charge in [-0.05, 0) is 25.5 Å². The van der Waals surface area contributed by atoms with E-state index in [1.807, 2.05) is 35.8 Å². The highest BCUT2D eigenvalue weighted by Crippen LogP contribution is 2.15. The summed E-state index contributed by atoms with van der Waals surface area (Å²) in [6.45, 7) is 2.60. The number of carbonyl (C=O) groups is 1. The zero-order valence-corrected chi connectivity index (χ0v) is 14.3. The van der Waals surface area contributed by atoms with Crippen molar-refractivity contribution in [2.24, 2.45) is 7.05 Å². The molecule has 130 valence electrons. The standard InChI is InChI=1S/C17H20N6O2/c1-11-19-20-15-8-7-12(9-22(11)15)18-16(24)10-23-14-6-4-3-5-13(14)21(2)17(23)25/h3-6,12H,7-10H2,1-2H3,(H,18,24). The van der Waals surface area contributed by atoms with Gasteiger partial charge in [0, 0.05) is 26.1 Å². The molecule has 2 aromatic heterocycles. The maximum absolute atomic E-state index is 12.5. The zero-order valence-electron chi connectivity index (χ0n) is 14.3. The van der Waals surface area contributed by atoms with Gasteiger partial charge in [0.1, 0.15) is 18.2 Å². The van der Waals surface area contributed by atoms with Crippen molar-refractivity contribution in [2.45, 2.75) is 38.9 Å². The van der Waals surface area contributed by atoms with E-state index < -0.39 is 0 Å². The Bertz CT molecular complexity index is 1010. The number of hydrogen-bond acceptors (Lipinski definition) is 4. The minimum atomic E-state index is -0.183. The summed E-state index contributed by atoms with van der Waals surface area (Å²) in [6, 6.07) is 7.52. The summed E-state index contributed by atoms with van der Waals surface area (Å²) in [7, 11) is 1.72. The molecule has 0 saturated heterocycles. The highest BCUT2D eigenvalue weighted by atomic mass is 16.2. The molecule has 0 fully saturated rings. The van der Waals surface area contributed by atoms with Gasteiger partial charge in [-0.15, -0.1) is 10.2 Å². The van der Waals surface area contributed by atoms with E-state index in [0.29, 0.717) is 6.54 Å². The Morgan fingerprint density at radius 3 is 2.84 bits per heavy atom. The van der Waals surface area contributed by atoms with E-state index >= 15 is 0 Å². The number of benzene rings is 1. The zero-order chi connectivity index (χ0) is 17.6. The number of amides is 1. The lowest BCUT2D eigenvalue weighted by molar-refractivity contribution is -0.122. The Hall–Kier alpha value is -2.90. The first-order valence-corrected chi connectivity index (χ1v) is 8.37. The van der Waals surface area contributed by atoms with Crippen LogP contribution < -0.4 is 11.0 Å². The predicted octanol–water partition coefficient (Wildman–Crippen LogP) is 0.371. The minimum absolute atomic E-state index is 0.0186. The van der Waals surface area contributed by atoms with Crippen LogP contribution in [0.25, 0.3) is 11.0 Å². The van der Waals surface area contributed by atoms with Crippen molar-refractivity contribution in [3.8, 4) is 0 Å². The van der Waals surface area contributed by atoms with Gasteiger partial charge in [0.15, 0.2) is 0 Å². The molecule has 3 heterocycles. The van der Waals surface area contributed by atoms with Gasteiger partial charge in [0.25, 0.3) is 0 Å². The maximum Gasteiger partial charge on any atom is 0.329 e. The summed E-state index contributed by atoms with van der Waals surface area (Å²) in [6.07, 6.45) is 1.62. The van der Waals surface area contributed by atoms with Gasteiger partial charge in [-0.25, -0.2) is 4.79 Å². The van der Waals surface area contributed by atoms with Crippen LogP contribution in [0.3, 0.4) is 0 Å². The Kier molecular flexibility index (Phi) is 3.67. The molecule has 1 amide bonds. The first-order chi connectivity index (χ1) is 12.0. The third kappa shape index (κ3) is 2.63. The molecule has 0 spiro atoms. The minimum Gasteiger partial charge on any atom is -0.350 e. The van der Waals surface area contributed by atoms with Crippen molar-refractivity contribution >= 4 is 16.9 Å². The second-order valence-corrected chi connectivity index (χ2v) is 6.49. The molecule has 1 aliphatic rings. The first kappa shape index (κ1) is 15.6. The molecule has 1 atom stereocenters. The van der Waals surface area contributed by atoms with Crippen molar-refractivity contribution in [2.75, 3.05) is 0 Å². The molecular formula is C17H20N6O2. The lowest BCUT2D eigenvalue weighted by Crippen LogP contribution is -2.43. The molecule has 1 aliphatic heterocycles. The molecule has 1 N–H and O–H groups in total. The van der Waals surface area contributed by atoms with Crippen LogP contribution in [0.4, 0.5) is 0 Å². The van der Waals surface area contributed by atoms with Crippen molar-refractivity contribution < 1.29 is 4.79 Å². The van der Waals surface area contributed by atoms with E-state index in [2.05, 4.69) is 15.5 Å². The normalized spacial score (nSPS) is 16.8. The van der Waals surface area contributed by atoms with Gasteiger partial charge in [0.05, 0.1) is 11.0 Å². The summed E-state index contributed by atoms with van der Waals surface area (Å²) >= 11 is 0. The molecular weight excluding hydrogens is 320 g/mol. The molecule has 3 aromatic rings. The van der Waals surface area contributed by atoms with Gasteiger partial charge in [-0.1, -0.05) is 12.1 Å². The Morgan fingerprint density at radius 1 is 1.28 bits per heavy atom. The predicted molar refractivity (Wildman–Crippen MR) is 92.2 cm³/mol. The highest BCUT2D eigenvalue weighted by molar-refractivity contribution is 5.81. The average Bonchev–Trinajstić information content (AvgIpc) is 3.09. The molecule has 1 aromatic carbocycles. The van der Waals surface area contributed by atoms with Crippen LogP contribution in [0.2, 0.25) is 0 Å². The number of aryl methyl sites for hydroxylation is 3. The quantitative estimate of drug-likeness (QED) is 0.746. The Labute approximate surface area is 144 Å². The topological polar surface area (TPSA) is 86.7 Å². The lowest BCUT2D eigenvalue weighted by atomic mass is 10.1. The monoisotopic (exact) mass is 340 g/mol. The summed E-state index contributed by atoms with van der Waals surface area (Å²) in [5.74, 6) is 1.67. The van der Waals surface area contributed by atoms with Gasteiger partial charge in [-0.3, -0.25) is 13.9 Å². The largest absolute Gasteiger partial charge is 0.350 e. The third-order valence-electron chi connectivity index (χ3n) is 4.85. The fourth-order valence-corrected chi connectivity index (χ4v) is 3.51. The maximum atomic E-state index is 12.5. The number of hydrogen-bond donors (Lipinski definition) is 1. The fourth-order valence-electron chi connectivity index (χ4n) is 3.51. The number of carbonyl (C=O) groups excluding carboxylic acids is 1. The summed E-state index contributed by atoms with van der Waals surface area (Å²) < 4.78 is 5.12. The number of nitrogens with one attached hydrogen (secondary N) is 1. The molecule has 25 heavy (non-hydrogen) atoms. The number of rotatable bonds is 3. The van der Waals surface area contributed by atoms with Gasteiger partial charge in [0.2, 0.25) is 5.91 Å². The second-order valence-electron chi connectivity index (χ2n) is 6.49. The van der Waals surface area contributed by atoms with E-state index in [1.165, 1.54) is 4.57 Å². The Morgan fingerprint density at radius 2 is 2.04 bits per heavy atom. The van der Waals surface area contributed by atoms with Crippen molar-refractivity contribution in [1.82, 2.24) is 29.2 Å². The fraction of sp³-hybridized carbons (Fsp3) is 0.412. The van der Waals surface area contributed by atoms with Crippen molar-refractivity contribution in [1.29, 1.82) is 0 Å². The average molecular weight is 340 g/mol. The Balaban J connectivity index is 1.51. The summed E-state index contributed by atoms with van der Waals surface area (Å²) in [5, 5.41) is 11.3. The van der Waals surface area contributed by atoms with Gasteiger partial charge < -0.3 is 9.88 Å². The number of nitrogens with zero attached hydrogens (tertiary/aromatic N) is 5. The van der Waals surface area contributed by atoms with Crippen LogP contribution in [0.15, 0.2) is 29.1 Å². The number of imidazole rings is 1. The molecule has 0 aliphatic carbocycles. The lowest BCUT2D eigenvalue weighted by Gasteiger charge is -2.25. The molecule has 4 rings (SSSR count). The van der Waals surface area contributed by atoms with E-state index in [0.717, 1.165) is 35.5 Å². The van der Waals surface area contributed by atoms with E-state index in [4.69, 9.17) is 0 Å². The smallest absolute Gasteiger partial charge is 0.329 e.